The van der Waals surface area contributed by atoms with Crippen molar-refractivity contribution in [3.8, 4) is 33.9 Å². The number of ether oxygens (including phenoxy) is 2. The number of hydrogen-bond acceptors (Lipinski definition) is 6. The summed E-state index contributed by atoms with van der Waals surface area (Å²) in [5.74, 6) is 0.208. The van der Waals surface area contributed by atoms with Gasteiger partial charge in [0.1, 0.15) is 34.5 Å². The molecule has 4 rings (SSSR count). The first kappa shape index (κ1) is 24.5. The van der Waals surface area contributed by atoms with E-state index in [0.717, 1.165) is 16.7 Å². The fraction of sp³-hybridized carbons (Fsp3) is 0.179. The van der Waals surface area contributed by atoms with E-state index in [2.05, 4.69) is 10.5 Å². The fourth-order valence-electron chi connectivity index (χ4n) is 3.50. The van der Waals surface area contributed by atoms with Crippen LogP contribution < -0.4 is 10.1 Å². The predicted octanol–water partition coefficient (Wildman–Crippen LogP) is 7.15. The van der Waals surface area contributed by atoms with Crippen LogP contribution in [-0.4, -0.2) is 28.4 Å². The summed E-state index contributed by atoms with van der Waals surface area (Å²) in [6.07, 6.45) is -0.0361. The largest absolute Gasteiger partial charge is 0.478 e. The molecule has 1 amide bonds. The molecule has 4 aromatic rings. The summed E-state index contributed by atoms with van der Waals surface area (Å²) in [5, 5.41) is 16.1. The molecule has 0 unspecified atom stereocenters. The number of aryl methyl sites for hydroxylation is 1. The lowest BCUT2D eigenvalue weighted by Gasteiger charge is -2.12. The smallest absolute Gasteiger partial charge is 0.412 e. The molecule has 8 heteroatoms. The molecule has 0 saturated heterocycles. The van der Waals surface area contributed by atoms with Gasteiger partial charge in [-0.1, -0.05) is 60.6 Å². The SMILES string of the molecule is CC[C@H](C)OC(=O)Nc1c(C)noc1-c1ccc(-c2ccc(Oc3ccccc3C(=O)O)cc2)cc1. The van der Waals surface area contributed by atoms with E-state index in [9.17, 15) is 14.7 Å². The summed E-state index contributed by atoms with van der Waals surface area (Å²) in [7, 11) is 0. The summed E-state index contributed by atoms with van der Waals surface area (Å²) in [5.41, 5.74) is 3.78. The molecule has 36 heavy (non-hydrogen) atoms. The maximum Gasteiger partial charge on any atom is 0.412 e. The minimum absolute atomic E-state index is 0.0989. The van der Waals surface area contributed by atoms with E-state index in [1.165, 1.54) is 6.07 Å². The zero-order valence-corrected chi connectivity index (χ0v) is 20.1. The Morgan fingerprint density at radius 2 is 1.58 bits per heavy atom. The number of carbonyl (C=O) groups excluding carboxylic acids is 1. The molecule has 0 aliphatic heterocycles. The number of anilines is 1. The zero-order chi connectivity index (χ0) is 25.7. The van der Waals surface area contributed by atoms with Gasteiger partial charge in [-0.2, -0.15) is 0 Å². The number of para-hydroxylation sites is 1. The van der Waals surface area contributed by atoms with Crippen LogP contribution in [-0.2, 0) is 4.74 Å². The summed E-state index contributed by atoms with van der Waals surface area (Å²) < 4.78 is 16.6. The third kappa shape index (κ3) is 5.55. The molecule has 8 nitrogen and oxygen atoms in total. The number of rotatable bonds is 8. The monoisotopic (exact) mass is 486 g/mol. The first-order valence-electron chi connectivity index (χ1n) is 11.5. The van der Waals surface area contributed by atoms with Crippen molar-refractivity contribution in [1.29, 1.82) is 0 Å². The van der Waals surface area contributed by atoms with Crippen LogP contribution in [0.3, 0.4) is 0 Å². The van der Waals surface area contributed by atoms with Crippen molar-refractivity contribution < 1.29 is 28.7 Å². The zero-order valence-electron chi connectivity index (χ0n) is 20.1. The fourth-order valence-corrected chi connectivity index (χ4v) is 3.50. The number of carboxylic acids is 1. The van der Waals surface area contributed by atoms with Crippen LogP contribution in [0.2, 0.25) is 0 Å². The molecule has 3 aromatic carbocycles. The van der Waals surface area contributed by atoms with Gasteiger partial charge in [-0.25, -0.2) is 9.59 Å². The molecule has 0 radical (unpaired) electrons. The van der Waals surface area contributed by atoms with E-state index in [-0.39, 0.29) is 17.4 Å². The second kappa shape index (κ2) is 10.8. The van der Waals surface area contributed by atoms with Gasteiger partial charge < -0.3 is 19.1 Å². The van der Waals surface area contributed by atoms with Crippen LogP contribution in [0.15, 0.2) is 77.3 Å². The molecule has 0 aliphatic rings. The van der Waals surface area contributed by atoms with Crippen molar-refractivity contribution >= 4 is 17.7 Å². The lowest BCUT2D eigenvalue weighted by atomic mass is 10.0. The number of nitrogens with one attached hydrogen (secondary N) is 1. The third-order valence-electron chi connectivity index (χ3n) is 5.65. The Morgan fingerprint density at radius 1 is 0.972 bits per heavy atom. The molecule has 0 aliphatic carbocycles. The van der Waals surface area contributed by atoms with E-state index in [0.29, 0.717) is 29.3 Å². The van der Waals surface area contributed by atoms with Crippen LogP contribution in [0, 0.1) is 6.92 Å². The highest BCUT2D eigenvalue weighted by molar-refractivity contribution is 5.91. The first-order chi connectivity index (χ1) is 17.4. The standard InChI is InChI=1S/C28H26N2O6/c1-4-17(2)34-28(33)29-25-18(3)30-36-26(25)21-11-9-19(10-12-21)20-13-15-22(16-14-20)35-24-8-6-5-7-23(24)27(31)32/h5-17H,4H2,1-3H3,(H,29,33)(H,31,32)/t17-/m0/s1. The first-order valence-corrected chi connectivity index (χ1v) is 11.5. The van der Waals surface area contributed by atoms with Gasteiger partial charge in [-0.15, -0.1) is 0 Å². The van der Waals surface area contributed by atoms with Crippen LogP contribution >= 0.6 is 0 Å². The molecule has 184 valence electrons. The second-order valence-electron chi connectivity index (χ2n) is 8.23. The summed E-state index contributed by atoms with van der Waals surface area (Å²) >= 11 is 0. The van der Waals surface area contributed by atoms with Gasteiger partial charge in [0.2, 0.25) is 0 Å². The van der Waals surface area contributed by atoms with Crippen LogP contribution in [0.4, 0.5) is 10.5 Å². The Morgan fingerprint density at radius 3 is 2.22 bits per heavy atom. The Labute approximate surface area is 208 Å². The van der Waals surface area contributed by atoms with Crippen molar-refractivity contribution in [1.82, 2.24) is 5.16 Å². The number of benzene rings is 3. The number of carbonyl (C=O) groups is 2. The Kier molecular flexibility index (Phi) is 7.34. The Balaban J connectivity index is 1.49. The molecule has 0 saturated carbocycles. The summed E-state index contributed by atoms with van der Waals surface area (Å²) in [4.78, 5) is 23.6. The van der Waals surface area contributed by atoms with Crippen LogP contribution in [0.25, 0.3) is 22.5 Å². The minimum atomic E-state index is -1.05. The van der Waals surface area contributed by atoms with Gasteiger partial charge in [0.15, 0.2) is 5.76 Å². The third-order valence-corrected chi connectivity index (χ3v) is 5.65. The van der Waals surface area contributed by atoms with Crippen molar-refractivity contribution in [2.24, 2.45) is 0 Å². The lowest BCUT2D eigenvalue weighted by molar-refractivity contribution is 0.0694. The van der Waals surface area contributed by atoms with Gasteiger partial charge in [-0.05, 0) is 55.7 Å². The highest BCUT2D eigenvalue weighted by atomic mass is 16.6. The van der Waals surface area contributed by atoms with E-state index in [1.54, 1.807) is 37.3 Å². The molecule has 0 spiro atoms. The Bertz CT molecular complexity index is 1360. The topological polar surface area (TPSA) is 111 Å². The molecule has 1 atom stereocenters. The summed E-state index contributed by atoms with van der Waals surface area (Å²) in [6.45, 7) is 5.51. The van der Waals surface area contributed by atoms with E-state index < -0.39 is 12.1 Å². The molecule has 1 aromatic heterocycles. The Hall–Kier alpha value is -4.59. The van der Waals surface area contributed by atoms with Gasteiger partial charge in [0.05, 0.1) is 0 Å². The van der Waals surface area contributed by atoms with E-state index in [1.807, 2.05) is 50.2 Å². The molecular weight excluding hydrogens is 460 g/mol. The van der Waals surface area contributed by atoms with Crippen LogP contribution in [0.5, 0.6) is 11.5 Å². The van der Waals surface area contributed by atoms with Crippen molar-refractivity contribution in [3.05, 3.63) is 84.1 Å². The predicted molar refractivity (Wildman–Crippen MR) is 135 cm³/mol. The van der Waals surface area contributed by atoms with Crippen molar-refractivity contribution in [3.63, 3.8) is 0 Å². The van der Waals surface area contributed by atoms with E-state index in [4.69, 9.17) is 14.0 Å². The number of nitrogens with zero attached hydrogens (tertiary/aromatic N) is 1. The number of hydrogen-bond donors (Lipinski definition) is 2. The maximum atomic E-state index is 12.2. The molecule has 0 fully saturated rings. The molecule has 2 N–H and O–H groups in total. The molecule has 1 heterocycles. The normalized spacial score (nSPS) is 11.5. The number of aromatic carboxylic acids is 1. The summed E-state index contributed by atoms with van der Waals surface area (Å²) in [6, 6.07) is 21.5. The second-order valence-corrected chi connectivity index (χ2v) is 8.23. The highest BCUT2D eigenvalue weighted by Crippen LogP contribution is 2.33. The van der Waals surface area contributed by atoms with Crippen molar-refractivity contribution in [2.75, 3.05) is 5.32 Å². The van der Waals surface area contributed by atoms with Gasteiger partial charge >= 0.3 is 12.1 Å². The quantitative estimate of drug-likeness (QED) is 0.272. The number of carboxylic acid groups (broad SMARTS) is 1. The maximum absolute atomic E-state index is 12.2. The van der Waals surface area contributed by atoms with Gasteiger partial charge in [0, 0.05) is 5.56 Å². The average Bonchev–Trinajstić information content (AvgIpc) is 3.24. The minimum Gasteiger partial charge on any atom is -0.478 e. The van der Waals surface area contributed by atoms with Crippen LogP contribution in [0.1, 0.15) is 36.3 Å². The molecular formula is C28H26N2O6. The number of aromatic nitrogens is 1. The average molecular weight is 487 g/mol. The lowest BCUT2D eigenvalue weighted by Crippen LogP contribution is -2.20. The van der Waals surface area contributed by atoms with Gasteiger partial charge in [-0.3, -0.25) is 5.32 Å². The van der Waals surface area contributed by atoms with Crippen molar-refractivity contribution in [2.45, 2.75) is 33.3 Å². The van der Waals surface area contributed by atoms with E-state index >= 15 is 0 Å². The van der Waals surface area contributed by atoms with Gasteiger partial charge in [0.25, 0.3) is 0 Å². The highest BCUT2D eigenvalue weighted by Gasteiger charge is 2.19. The number of amides is 1. The molecule has 0 bridgehead atoms.